The van der Waals surface area contributed by atoms with Crippen molar-refractivity contribution < 1.29 is 19.2 Å². The number of benzene rings is 2. The van der Waals surface area contributed by atoms with Crippen LogP contribution in [-0.2, 0) is 20.7 Å². The highest BCUT2D eigenvalue weighted by molar-refractivity contribution is 6.09. The Morgan fingerprint density at radius 1 is 0.571 bits per heavy atom. The number of carbonyl (C=O) groups is 4. The molecule has 0 bridgehead atoms. The second kappa shape index (κ2) is 5.41. The summed E-state index contributed by atoms with van der Waals surface area (Å²) >= 11 is 0. The summed E-state index contributed by atoms with van der Waals surface area (Å²) in [6.45, 7) is 0. The first kappa shape index (κ1) is 16.5. The van der Waals surface area contributed by atoms with E-state index in [1.807, 2.05) is 12.1 Å². The largest absolute Gasteiger partial charge is 0.325 e. The fourth-order valence-electron chi connectivity index (χ4n) is 5.10. The Labute approximate surface area is 159 Å². The van der Waals surface area contributed by atoms with E-state index in [1.54, 1.807) is 48.5 Å². The van der Waals surface area contributed by atoms with Crippen molar-refractivity contribution in [3.05, 3.63) is 71.8 Å². The summed E-state index contributed by atoms with van der Waals surface area (Å²) in [5, 5.41) is 10.3. The average Bonchev–Trinajstić information content (AvgIpc) is 2.68. The smallest absolute Gasteiger partial charge is 0.322 e. The van der Waals surface area contributed by atoms with Crippen molar-refractivity contribution in [3.63, 3.8) is 0 Å². The van der Waals surface area contributed by atoms with E-state index in [0.29, 0.717) is 11.1 Å². The molecule has 4 atom stereocenters. The van der Waals surface area contributed by atoms with Crippen LogP contribution in [0.1, 0.15) is 11.1 Å². The van der Waals surface area contributed by atoms with E-state index in [0.717, 1.165) is 0 Å². The molecule has 2 heterocycles. The highest BCUT2D eigenvalue weighted by Crippen LogP contribution is 2.64. The van der Waals surface area contributed by atoms with E-state index >= 15 is 0 Å². The quantitative estimate of drug-likeness (QED) is 0.617. The zero-order valence-corrected chi connectivity index (χ0v) is 14.6. The van der Waals surface area contributed by atoms with Gasteiger partial charge in [-0.05, 0) is 11.1 Å². The van der Waals surface area contributed by atoms with E-state index in [9.17, 15) is 19.2 Å². The summed E-state index contributed by atoms with van der Waals surface area (Å²) in [5.74, 6) is -2.85. The number of amides is 6. The summed E-state index contributed by atoms with van der Waals surface area (Å²) < 4.78 is 0. The monoisotopic (exact) mass is 376 g/mol. The van der Waals surface area contributed by atoms with Crippen LogP contribution in [0.4, 0.5) is 9.59 Å². The molecule has 4 N–H and O–H groups in total. The molecule has 0 radical (unpaired) electrons. The van der Waals surface area contributed by atoms with Gasteiger partial charge in [-0.15, -0.1) is 0 Å². The molecule has 1 saturated carbocycles. The molecule has 5 rings (SSSR count). The first-order chi connectivity index (χ1) is 13.5. The minimum atomic E-state index is -1.30. The van der Waals surface area contributed by atoms with Crippen molar-refractivity contribution in [1.82, 2.24) is 21.3 Å². The summed E-state index contributed by atoms with van der Waals surface area (Å²) in [6.07, 6.45) is 0. The Hall–Kier alpha value is -3.68. The first-order valence-electron chi connectivity index (χ1n) is 8.88. The lowest BCUT2D eigenvalue weighted by Crippen LogP contribution is -2.91. The van der Waals surface area contributed by atoms with Gasteiger partial charge in [0.1, 0.15) is 11.1 Å². The third kappa shape index (κ3) is 1.79. The summed E-state index contributed by atoms with van der Waals surface area (Å²) in [6, 6.07) is 16.6. The van der Waals surface area contributed by atoms with Crippen molar-refractivity contribution >= 4 is 23.9 Å². The number of rotatable bonds is 2. The van der Waals surface area contributed by atoms with Crippen molar-refractivity contribution in [2.75, 3.05) is 0 Å². The molecule has 8 nitrogen and oxygen atoms in total. The normalized spacial score (nSPS) is 33.3. The number of urea groups is 2. The van der Waals surface area contributed by atoms with E-state index < -0.39 is 46.8 Å². The molecule has 3 aliphatic rings. The Balaban J connectivity index is 1.85. The van der Waals surface area contributed by atoms with Gasteiger partial charge in [0, 0.05) is 0 Å². The maximum Gasteiger partial charge on any atom is 0.322 e. The topological polar surface area (TPSA) is 116 Å². The third-order valence-corrected chi connectivity index (χ3v) is 6.01. The molecule has 2 aromatic carbocycles. The molecule has 0 unspecified atom stereocenters. The Morgan fingerprint density at radius 2 is 0.929 bits per heavy atom. The number of fused-ring (bicyclic) bond motifs is 4. The lowest BCUT2D eigenvalue weighted by Gasteiger charge is -2.69. The Kier molecular flexibility index (Phi) is 3.19. The molecule has 140 valence electrons. The molecule has 2 aliphatic heterocycles. The second-order valence-electron chi connectivity index (χ2n) is 7.19. The number of carbonyl (C=O) groups excluding carboxylic acids is 4. The van der Waals surface area contributed by atoms with E-state index in [-0.39, 0.29) is 0 Å². The maximum absolute atomic E-state index is 12.8. The van der Waals surface area contributed by atoms with Gasteiger partial charge >= 0.3 is 12.1 Å². The molecule has 6 amide bonds. The van der Waals surface area contributed by atoms with Gasteiger partial charge in [-0.2, -0.15) is 0 Å². The molecule has 3 fully saturated rings. The van der Waals surface area contributed by atoms with Crippen LogP contribution in [0.2, 0.25) is 0 Å². The molecule has 1 aliphatic carbocycles. The highest BCUT2D eigenvalue weighted by Gasteiger charge is 2.81. The van der Waals surface area contributed by atoms with Gasteiger partial charge in [-0.3, -0.25) is 20.2 Å². The predicted molar refractivity (Wildman–Crippen MR) is 96.6 cm³/mol. The minimum absolute atomic E-state index is 0.546. The second-order valence-corrected chi connectivity index (χ2v) is 7.19. The molecule has 0 spiro atoms. The van der Waals surface area contributed by atoms with Crippen LogP contribution in [0.5, 0.6) is 0 Å². The average molecular weight is 376 g/mol. The maximum atomic E-state index is 12.8. The van der Waals surface area contributed by atoms with Crippen molar-refractivity contribution in [3.8, 4) is 0 Å². The lowest BCUT2D eigenvalue weighted by molar-refractivity contribution is -0.178. The standard InChI is InChI=1S/C20H16N4O4/c25-15-13-14-16(26)22-18(28)24-20(14,12-9-5-2-6-10-12)19(13,23-17(27)21-15)11-7-3-1-4-8-11/h1-10,13-14H,(H2,21,23,25,27)(H2,22,24,26,28)/t13-,14-,19+,20+/m1/s1. The van der Waals surface area contributed by atoms with Gasteiger partial charge in [0.2, 0.25) is 11.8 Å². The third-order valence-electron chi connectivity index (χ3n) is 6.01. The molecule has 2 saturated heterocycles. The van der Waals surface area contributed by atoms with E-state index in [1.165, 1.54) is 0 Å². The predicted octanol–water partition coefficient (Wildman–Crippen LogP) is 0.702. The molecule has 28 heavy (non-hydrogen) atoms. The van der Waals surface area contributed by atoms with Crippen LogP contribution in [0.15, 0.2) is 60.7 Å². The van der Waals surface area contributed by atoms with Crippen LogP contribution >= 0.6 is 0 Å². The summed E-state index contributed by atoms with van der Waals surface area (Å²) in [7, 11) is 0. The summed E-state index contributed by atoms with van der Waals surface area (Å²) in [4.78, 5) is 50.5. The van der Waals surface area contributed by atoms with Crippen LogP contribution < -0.4 is 21.3 Å². The fourth-order valence-corrected chi connectivity index (χ4v) is 5.10. The first-order valence-corrected chi connectivity index (χ1v) is 8.88. The molecule has 0 aromatic heterocycles. The summed E-state index contributed by atoms with van der Waals surface area (Å²) in [5.41, 5.74) is -1.32. The number of hydrogen-bond donors (Lipinski definition) is 4. The number of imide groups is 2. The fraction of sp³-hybridized carbons (Fsp3) is 0.200. The molecule has 2 aromatic rings. The van der Waals surface area contributed by atoms with E-state index in [2.05, 4.69) is 21.3 Å². The van der Waals surface area contributed by atoms with Crippen LogP contribution in [0, 0.1) is 11.8 Å². The van der Waals surface area contributed by atoms with Gasteiger partial charge in [-0.1, -0.05) is 60.7 Å². The van der Waals surface area contributed by atoms with Gasteiger partial charge in [0.05, 0.1) is 11.8 Å². The number of hydrogen-bond acceptors (Lipinski definition) is 4. The van der Waals surface area contributed by atoms with Crippen LogP contribution in [0.3, 0.4) is 0 Å². The van der Waals surface area contributed by atoms with Crippen LogP contribution in [0.25, 0.3) is 0 Å². The SMILES string of the molecule is O=C1NC(=O)[C@H]2[C@@H]3C(=O)NC(=O)N[C@]3(c3ccccc3)[C@@]2(c2ccccc2)N1. The molecule has 8 heteroatoms. The minimum Gasteiger partial charge on any atom is -0.325 e. The van der Waals surface area contributed by atoms with Crippen molar-refractivity contribution in [2.45, 2.75) is 11.1 Å². The number of nitrogens with one attached hydrogen (secondary N) is 4. The molecular weight excluding hydrogens is 360 g/mol. The van der Waals surface area contributed by atoms with E-state index in [4.69, 9.17) is 0 Å². The zero-order valence-electron chi connectivity index (χ0n) is 14.6. The zero-order chi connectivity index (χ0) is 19.5. The Morgan fingerprint density at radius 3 is 1.29 bits per heavy atom. The van der Waals surface area contributed by atoms with Crippen LogP contribution in [-0.4, -0.2) is 23.9 Å². The van der Waals surface area contributed by atoms with Crippen molar-refractivity contribution in [1.29, 1.82) is 0 Å². The molecular formula is C20H16N4O4. The van der Waals surface area contributed by atoms with Gasteiger partial charge in [0.25, 0.3) is 0 Å². The van der Waals surface area contributed by atoms with Gasteiger partial charge in [0.15, 0.2) is 0 Å². The lowest BCUT2D eigenvalue weighted by atomic mass is 9.41. The highest BCUT2D eigenvalue weighted by atomic mass is 16.2. The van der Waals surface area contributed by atoms with Gasteiger partial charge < -0.3 is 10.6 Å². The van der Waals surface area contributed by atoms with Gasteiger partial charge in [-0.25, -0.2) is 9.59 Å². The van der Waals surface area contributed by atoms with Crippen molar-refractivity contribution in [2.24, 2.45) is 11.8 Å². The Bertz CT molecular complexity index is 942.